The minimum Gasteiger partial charge on any atom is -0.377 e. The minimum atomic E-state index is -0.132. The van der Waals surface area contributed by atoms with Crippen LogP contribution in [0, 0.1) is 5.82 Å². The van der Waals surface area contributed by atoms with Crippen molar-refractivity contribution in [1.82, 2.24) is 5.32 Å². The summed E-state index contributed by atoms with van der Waals surface area (Å²) in [5.74, 6) is -0.132. The van der Waals surface area contributed by atoms with E-state index in [0.29, 0.717) is 13.2 Å². The normalized spacial score (nSPS) is 21.0. The molecule has 1 aliphatic heterocycles. The molecule has 3 nitrogen and oxygen atoms in total. The lowest BCUT2D eigenvalue weighted by Crippen LogP contribution is -2.46. The molecule has 2 atom stereocenters. The summed E-state index contributed by atoms with van der Waals surface area (Å²) in [6, 6.07) is 5.77. The van der Waals surface area contributed by atoms with E-state index in [1.165, 1.54) is 0 Å². The number of halogens is 1. The third-order valence-electron chi connectivity index (χ3n) is 3.98. The summed E-state index contributed by atoms with van der Waals surface area (Å²) in [5.41, 5.74) is 1.78. The number of nitrogens with zero attached hydrogens (tertiary/aromatic N) is 1. The number of para-hydroxylation sites is 1. The summed E-state index contributed by atoms with van der Waals surface area (Å²) < 4.78 is 20.0. The number of rotatable bonds is 5. The molecular weight excluding hydrogens is 255 g/mol. The van der Waals surface area contributed by atoms with Crippen molar-refractivity contribution < 1.29 is 9.13 Å². The molecule has 1 aromatic rings. The molecule has 1 N–H and O–H groups in total. The Hall–Kier alpha value is -1.13. The Kier molecular flexibility index (Phi) is 5.38. The van der Waals surface area contributed by atoms with Crippen LogP contribution in [0.15, 0.2) is 18.2 Å². The van der Waals surface area contributed by atoms with Crippen LogP contribution >= 0.6 is 0 Å². The van der Waals surface area contributed by atoms with Gasteiger partial charge in [0.1, 0.15) is 5.82 Å². The molecular formula is C16H25FN2O. The van der Waals surface area contributed by atoms with Gasteiger partial charge in [-0.3, -0.25) is 0 Å². The van der Waals surface area contributed by atoms with E-state index in [2.05, 4.69) is 31.0 Å². The Morgan fingerprint density at radius 3 is 2.95 bits per heavy atom. The summed E-state index contributed by atoms with van der Waals surface area (Å²) in [7, 11) is 0. The quantitative estimate of drug-likeness (QED) is 0.897. The lowest BCUT2D eigenvalue weighted by molar-refractivity contribution is 0.0925. The topological polar surface area (TPSA) is 24.5 Å². The van der Waals surface area contributed by atoms with E-state index in [1.54, 1.807) is 12.1 Å². The average molecular weight is 280 g/mol. The van der Waals surface area contributed by atoms with Gasteiger partial charge in [-0.2, -0.15) is 0 Å². The van der Waals surface area contributed by atoms with Gasteiger partial charge in [-0.25, -0.2) is 4.39 Å². The van der Waals surface area contributed by atoms with Crippen molar-refractivity contribution in [1.29, 1.82) is 0 Å². The monoisotopic (exact) mass is 280 g/mol. The Balaban J connectivity index is 2.37. The predicted octanol–water partition coefficient (Wildman–Crippen LogP) is 3.11. The maximum absolute atomic E-state index is 14.4. The second-order valence-corrected chi connectivity index (χ2v) is 5.29. The first-order valence-electron chi connectivity index (χ1n) is 7.55. The van der Waals surface area contributed by atoms with E-state index < -0.39 is 0 Å². The molecule has 2 unspecified atom stereocenters. The van der Waals surface area contributed by atoms with Gasteiger partial charge in [0, 0.05) is 12.6 Å². The highest BCUT2D eigenvalue weighted by Gasteiger charge is 2.27. The number of nitrogens with one attached hydrogen (secondary N) is 1. The van der Waals surface area contributed by atoms with Crippen LogP contribution in [0.5, 0.6) is 0 Å². The molecule has 2 rings (SSSR count). The molecule has 112 valence electrons. The van der Waals surface area contributed by atoms with Crippen LogP contribution in [-0.4, -0.2) is 32.3 Å². The van der Waals surface area contributed by atoms with Crippen LogP contribution in [0.4, 0.5) is 10.1 Å². The Labute approximate surface area is 121 Å². The van der Waals surface area contributed by atoms with Crippen LogP contribution in [0.1, 0.15) is 38.8 Å². The second kappa shape index (κ2) is 7.04. The molecule has 1 aromatic carbocycles. The SMILES string of the molecule is CCNC(C)c1cccc(F)c1N1CCOCC1CC. The number of benzene rings is 1. The molecule has 0 saturated carbocycles. The van der Waals surface area contributed by atoms with Gasteiger partial charge >= 0.3 is 0 Å². The highest BCUT2D eigenvalue weighted by Crippen LogP contribution is 2.32. The summed E-state index contributed by atoms with van der Waals surface area (Å²) in [6.07, 6.45) is 0.962. The first kappa shape index (κ1) is 15.3. The molecule has 4 heteroatoms. The molecule has 1 saturated heterocycles. The zero-order valence-corrected chi connectivity index (χ0v) is 12.7. The van der Waals surface area contributed by atoms with E-state index in [4.69, 9.17) is 4.74 Å². The summed E-state index contributed by atoms with van der Waals surface area (Å²) >= 11 is 0. The Bertz CT molecular complexity index is 438. The first-order valence-corrected chi connectivity index (χ1v) is 7.55. The molecule has 1 heterocycles. The smallest absolute Gasteiger partial charge is 0.146 e. The van der Waals surface area contributed by atoms with Gasteiger partial charge in [-0.05, 0) is 31.5 Å². The molecule has 0 aliphatic carbocycles. The summed E-state index contributed by atoms with van der Waals surface area (Å²) in [5, 5.41) is 3.38. The van der Waals surface area contributed by atoms with Crippen molar-refractivity contribution in [3.05, 3.63) is 29.6 Å². The van der Waals surface area contributed by atoms with Gasteiger partial charge in [0.05, 0.1) is 24.9 Å². The van der Waals surface area contributed by atoms with Gasteiger partial charge < -0.3 is 15.0 Å². The van der Waals surface area contributed by atoms with Crippen molar-refractivity contribution in [3.63, 3.8) is 0 Å². The lowest BCUT2D eigenvalue weighted by Gasteiger charge is -2.39. The zero-order valence-electron chi connectivity index (χ0n) is 12.7. The third kappa shape index (κ3) is 3.13. The first-order chi connectivity index (χ1) is 9.69. The van der Waals surface area contributed by atoms with Crippen LogP contribution in [-0.2, 0) is 4.74 Å². The van der Waals surface area contributed by atoms with Crippen molar-refractivity contribution in [2.24, 2.45) is 0 Å². The number of ether oxygens (including phenoxy) is 1. The highest BCUT2D eigenvalue weighted by atomic mass is 19.1. The van der Waals surface area contributed by atoms with E-state index in [-0.39, 0.29) is 17.9 Å². The fourth-order valence-corrected chi connectivity index (χ4v) is 2.89. The van der Waals surface area contributed by atoms with Gasteiger partial charge in [0.2, 0.25) is 0 Å². The predicted molar refractivity (Wildman–Crippen MR) is 80.7 cm³/mol. The van der Waals surface area contributed by atoms with E-state index >= 15 is 0 Å². The van der Waals surface area contributed by atoms with Crippen molar-refractivity contribution in [2.45, 2.75) is 39.3 Å². The van der Waals surface area contributed by atoms with Gasteiger partial charge in [0.25, 0.3) is 0 Å². The van der Waals surface area contributed by atoms with Gasteiger partial charge in [0.15, 0.2) is 0 Å². The van der Waals surface area contributed by atoms with E-state index in [9.17, 15) is 4.39 Å². The second-order valence-electron chi connectivity index (χ2n) is 5.29. The fourth-order valence-electron chi connectivity index (χ4n) is 2.89. The van der Waals surface area contributed by atoms with Crippen LogP contribution in [0.25, 0.3) is 0 Å². The van der Waals surface area contributed by atoms with Crippen molar-refractivity contribution in [3.8, 4) is 0 Å². The Morgan fingerprint density at radius 2 is 2.25 bits per heavy atom. The fraction of sp³-hybridized carbons (Fsp3) is 0.625. The highest BCUT2D eigenvalue weighted by molar-refractivity contribution is 5.57. The standard InChI is InChI=1S/C16H25FN2O/c1-4-13-11-20-10-9-19(13)16-14(12(3)18-5-2)7-6-8-15(16)17/h6-8,12-13,18H,4-5,9-11H2,1-3H3. The maximum atomic E-state index is 14.4. The van der Waals surface area contributed by atoms with Gasteiger partial charge in [-0.15, -0.1) is 0 Å². The molecule has 1 aliphatic rings. The molecule has 0 amide bonds. The molecule has 0 radical (unpaired) electrons. The number of hydrogen-bond donors (Lipinski definition) is 1. The maximum Gasteiger partial charge on any atom is 0.146 e. The van der Waals surface area contributed by atoms with Crippen LogP contribution in [0.3, 0.4) is 0 Å². The van der Waals surface area contributed by atoms with Crippen LogP contribution in [0.2, 0.25) is 0 Å². The van der Waals surface area contributed by atoms with Gasteiger partial charge in [-0.1, -0.05) is 26.0 Å². The lowest BCUT2D eigenvalue weighted by atomic mass is 10.0. The van der Waals surface area contributed by atoms with E-state index in [1.807, 2.05) is 6.07 Å². The molecule has 0 spiro atoms. The largest absolute Gasteiger partial charge is 0.377 e. The number of anilines is 1. The van der Waals surface area contributed by atoms with Crippen molar-refractivity contribution >= 4 is 5.69 Å². The number of morpholine rings is 1. The molecule has 1 fully saturated rings. The Morgan fingerprint density at radius 1 is 1.45 bits per heavy atom. The summed E-state index contributed by atoms with van der Waals surface area (Å²) in [6.45, 7) is 9.26. The van der Waals surface area contributed by atoms with E-state index in [0.717, 1.165) is 30.8 Å². The summed E-state index contributed by atoms with van der Waals surface area (Å²) in [4.78, 5) is 2.18. The van der Waals surface area contributed by atoms with Crippen LogP contribution < -0.4 is 10.2 Å². The van der Waals surface area contributed by atoms with Crippen molar-refractivity contribution in [2.75, 3.05) is 31.2 Å². The molecule has 20 heavy (non-hydrogen) atoms. The third-order valence-corrected chi connectivity index (χ3v) is 3.98. The average Bonchev–Trinajstić information content (AvgIpc) is 2.47. The molecule has 0 bridgehead atoms. The number of hydrogen-bond acceptors (Lipinski definition) is 3. The molecule has 0 aromatic heterocycles. The minimum absolute atomic E-state index is 0.132. The zero-order chi connectivity index (χ0) is 14.5.